The molecule has 140 valence electrons. The average Bonchev–Trinajstić information content (AvgIpc) is 2.93. The minimum absolute atomic E-state index is 0.157. The first-order valence-corrected chi connectivity index (χ1v) is 10.0. The molecule has 1 aliphatic heterocycles. The van der Waals surface area contributed by atoms with Crippen LogP contribution in [0.4, 0.5) is 0 Å². The topological polar surface area (TPSA) is 73.1 Å². The lowest BCUT2D eigenvalue weighted by Gasteiger charge is -2.23. The van der Waals surface area contributed by atoms with Crippen molar-refractivity contribution in [3.05, 3.63) is 24.3 Å². The summed E-state index contributed by atoms with van der Waals surface area (Å²) in [5, 5.41) is 12.4. The lowest BCUT2D eigenvalue weighted by Crippen LogP contribution is -2.37. The molecule has 7 nitrogen and oxygen atoms in total. The van der Waals surface area contributed by atoms with Gasteiger partial charge < -0.3 is 9.64 Å². The zero-order valence-electron chi connectivity index (χ0n) is 15.3. The molecule has 0 bridgehead atoms. The van der Waals surface area contributed by atoms with Crippen LogP contribution in [0.2, 0.25) is 0 Å². The molecule has 1 fully saturated rings. The predicted molar refractivity (Wildman–Crippen MR) is 101 cm³/mol. The van der Waals surface area contributed by atoms with Gasteiger partial charge in [-0.1, -0.05) is 36.7 Å². The van der Waals surface area contributed by atoms with Crippen molar-refractivity contribution >= 4 is 17.7 Å². The summed E-state index contributed by atoms with van der Waals surface area (Å²) in [5.74, 6) is 0.875. The fourth-order valence-electron chi connectivity index (χ4n) is 3.07. The molecule has 0 aliphatic carbocycles. The number of para-hydroxylation sites is 2. The number of nitrogens with zero attached hydrogens (tertiary/aromatic N) is 5. The zero-order chi connectivity index (χ0) is 18.4. The van der Waals surface area contributed by atoms with Crippen molar-refractivity contribution < 1.29 is 9.53 Å². The third-order valence-corrected chi connectivity index (χ3v) is 5.40. The Balaban J connectivity index is 1.75. The molecular weight excluding hydrogens is 350 g/mol. The van der Waals surface area contributed by atoms with Gasteiger partial charge in [-0.15, -0.1) is 5.10 Å². The summed E-state index contributed by atoms with van der Waals surface area (Å²) in [7, 11) is 0. The summed E-state index contributed by atoms with van der Waals surface area (Å²) < 4.78 is 7.32. The van der Waals surface area contributed by atoms with Crippen LogP contribution in [0.15, 0.2) is 29.4 Å². The summed E-state index contributed by atoms with van der Waals surface area (Å²) >= 11 is 1.39. The number of carbonyl (C=O) groups excluding carboxylic acids is 1. The highest BCUT2D eigenvalue weighted by molar-refractivity contribution is 8.00. The Kier molecular flexibility index (Phi) is 6.49. The second-order valence-electron chi connectivity index (χ2n) is 6.27. The maximum Gasteiger partial charge on any atom is 0.235 e. The van der Waals surface area contributed by atoms with Gasteiger partial charge in [0.2, 0.25) is 11.1 Å². The van der Waals surface area contributed by atoms with E-state index in [1.807, 2.05) is 43.0 Å². The summed E-state index contributed by atoms with van der Waals surface area (Å²) in [6.07, 6.45) is 4.58. The van der Waals surface area contributed by atoms with Gasteiger partial charge in [-0.05, 0) is 49.2 Å². The van der Waals surface area contributed by atoms with Crippen LogP contribution < -0.4 is 4.74 Å². The summed E-state index contributed by atoms with van der Waals surface area (Å²) in [6, 6.07) is 7.63. The molecule has 1 aliphatic rings. The van der Waals surface area contributed by atoms with Gasteiger partial charge in [0.25, 0.3) is 0 Å². The maximum atomic E-state index is 12.8. The van der Waals surface area contributed by atoms with Crippen LogP contribution in [0.5, 0.6) is 5.75 Å². The van der Waals surface area contributed by atoms with E-state index in [2.05, 4.69) is 15.5 Å². The molecule has 1 amide bonds. The summed E-state index contributed by atoms with van der Waals surface area (Å²) in [6.45, 7) is 6.12. The SMILES string of the molecule is CCOc1ccccc1-n1nnnc1SC(C)C(=O)N1CCCCCC1. The molecule has 26 heavy (non-hydrogen) atoms. The van der Waals surface area contributed by atoms with Gasteiger partial charge in [0.05, 0.1) is 11.9 Å². The van der Waals surface area contributed by atoms with E-state index in [4.69, 9.17) is 4.74 Å². The van der Waals surface area contributed by atoms with Crippen LogP contribution in [-0.2, 0) is 4.79 Å². The monoisotopic (exact) mass is 375 g/mol. The molecule has 1 saturated heterocycles. The highest BCUT2D eigenvalue weighted by Gasteiger charge is 2.25. The number of tetrazole rings is 1. The Bertz CT molecular complexity index is 728. The molecule has 0 spiro atoms. The lowest BCUT2D eigenvalue weighted by molar-refractivity contribution is -0.130. The summed E-state index contributed by atoms with van der Waals surface area (Å²) in [4.78, 5) is 14.8. The Morgan fingerprint density at radius 2 is 1.96 bits per heavy atom. The Morgan fingerprint density at radius 1 is 1.23 bits per heavy atom. The number of aromatic nitrogens is 4. The molecule has 2 aromatic rings. The van der Waals surface area contributed by atoms with E-state index >= 15 is 0 Å². The lowest BCUT2D eigenvalue weighted by atomic mass is 10.2. The van der Waals surface area contributed by atoms with Crippen LogP contribution in [0.1, 0.15) is 39.5 Å². The maximum absolute atomic E-state index is 12.8. The van der Waals surface area contributed by atoms with E-state index in [1.54, 1.807) is 4.68 Å². The third kappa shape index (κ3) is 4.35. The van der Waals surface area contributed by atoms with E-state index in [1.165, 1.54) is 24.6 Å². The standard InChI is InChI=1S/C18H25N5O2S/c1-3-25-16-11-7-6-10-15(16)23-18(19-20-21-23)26-14(2)17(24)22-12-8-4-5-9-13-22/h6-7,10-11,14H,3-5,8-9,12-13H2,1-2H3. The van der Waals surface area contributed by atoms with Crippen molar-refractivity contribution in [3.63, 3.8) is 0 Å². The molecule has 1 aromatic heterocycles. The Hall–Kier alpha value is -2.09. The molecule has 3 rings (SSSR count). The minimum atomic E-state index is -0.239. The highest BCUT2D eigenvalue weighted by atomic mass is 32.2. The number of hydrogen-bond donors (Lipinski definition) is 0. The molecule has 1 unspecified atom stereocenters. The van der Waals surface area contributed by atoms with E-state index in [0.717, 1.165) is 37.4 Å². The zero-order valence-corrected chi connectivity index (χ0v) is 16.1. The van der Waals surface area contributed by atoms with Crippen molar-refractivity contribution in [1.82, 2.24) is 25.1 Å². The van der Waals surface area contributed by atoms with Crippen LogP contribution in [-0.4, -0.2) is 56.0 Å². The van der Waals surface area contributed by atoms with Gasteiger partial charge in [0.1, 0.15) is 11.4 Å². The van der Waals surface area contributed by atoms with Crippen LogP contribution in [0.25, 0.3) is 5.69 Å². The highest BCUT2D eigenvalue weighted by Crippen LogP contribution is 2.28. The third-order valence-electron chi connectivity index (χ3n) is 4.38. The van der Waals surface area contributed by atoms with Gasteiger partial charge in [-0.2, -0.15) is 4.68 Å². The number of rotatable bonds is 6. The molecular formula is C18H25N5O2S. The van der Waals surface area contributed by atoms with Gasteiger partial charge in [-0.3, -0.25) is 4.79 Å². The van der Waals surface area contributed by atoms with E-state index in [9.17, 15) is 4.79 Å². The van der Waals surface area contributed by atoms with Gasteiger partial charge in [0.15, 0.2) is 0 Å². The number of carbonyl (C=O) groups is 1. The molecule has 1 atom stereocenters. The largest absolute Gasteiger partial charge is 0.492 e. The number of ether oxygens (including phenoxy) is 1. The Morgan fingerprint density at radius 3 is 2.69 bits per heavy atom. The number of likely N-dealkylation sites (tertiary alicyclic amines) is 1. The fourth-order valence-corrected chi connectivity index (χ4v) is 3.95. The van der Waals surface area contributed by atoms with Crippen LogP contribution in [0.3, 0.4) is 0 Å². The second kappa shape index (κ2) is 9.02. The van der Waals surface area contributed by atoms with Crippen molar-refractivity contribution in [2.75, 3.05) is 19.7 Å². The van der Waals surface area contributed by atoms with E-state index in [0.29, 0.717) is 11.8 Å². The van der Waals surface area contributed by atoms with Gasteiger partial charge in [-0.25, -0.2) is 0 Å². The number of benzene rings is 1. The van der Waals surface area contributed by atoms with E-state index in [-0.39, 0.29) is 11.2 Å². The first-order valence-electron chi connectivity index (χ1n) is 9.16. The molecule has 0 radical (unpaired) electrons. The quantitative estimate of drug-likeness (QED) is 0.723. The molecule has 1 aromatic carbocycles. The van der Waals surface area contributed by atoms with Crippen molar-refractivity contribution in [3.8, 4) is 11.4 Å². The van der Waals surface area contributed by atoms with Gasteiger partial charge >= 0.3 is 0 Å². The normalized spacial score (nSPS) is 16.2. The van der Waals surface area contributed by atoms with Crippen LogP contribution in [0, 0.1) is 0 Å². The van der Waals surface area contributed by atoms with Gasteiger partial charge in [0, 0.05) is 13.1 Å². The number of amides is 1. The molecule has 8 heteroatoms. The Labute approximate surface area is 158 Å². The van der Waals surface area contributed by atoms with Crippen molar-refractivity contribution in [1.29, 1.82) is 0 Å². The summed E-state index contributed by atoms with van der Waals surface area (Å²) in [5.41, 5.74) is 0.774. The molecule has 0 N–H and O–H groups in total. The second-order valence-corrected chi connectivity index (χ2v) is 7.58. The van der Waals surface area contributed by atoms with E-state index < -0.39 is 0 Å². The van der Waals surface area contributed by atoms with Crippen molar-refractivity contribution in [2.45, 2.75) is 49.9 Å². The first-order chi connectivity index (χ1) is 12.7. The number of hydrogen-bond acceptors (Lipinski definition) is 6. The minimum Gasteiger partial charge on any atom is -0.492 e. The number of thioether (sulfide) groups is 1. The van der Waals surface area contributed by atoms with Crippen molar-refractivity contribution in [2.24, 2.45) is 0 Å². The van der Waals surface area contributed by atoms with Crippen LogP contribution >= 0.6 is 11.8 Å². The smallest absolute Gasteiger partial charge is 0.235 e. The average molecular weight is 375 g/mol. The molecule has 0 saturated carbocycles. The predicted octanol–water partition coefficient (Wildman–Crippen LogP) is 2.94. The fraction of sp³-hybridized carbons (Fsp3) is 0.556. The molecule has 2 heterocycles. The first kappa shape index (κ1) is 18.7.